The Bertz CT molecular complexity index is 323. The first-order valence-corrected chi connectivity index (χ1v) is 7.08. The van der Waals surface area contributed by atoms with E-state index >= 15 is 0 Å². The van der Waals surface area contributed by atoms with E-state index in [0.717, 1.165) is 32.2 Å². The fraction of sp³-hybridized carbons (Fsp3) is 0.692. The van der Waals surface area contributed by atoms with Crippen molar-refractivity contribution < 1.29 is 5.11 Å². The molecule has 1 aliphatic carbocycles. The quantitative estimate of drug-likeness (QED) is 0.846. The van der Waals surface area contributed by atoms with Crippen molar-refractivity contribution >= 4 is 11.3 Å². The van der Waals surface area contributed by atoms with E-state index in [9.17, 15) is 5.11 Å². The molecule has 0 aromatic carbocycles. The first-order chi connectivity index (χ1) is 7.78. The number of hydrogen-bond donors (Lipinski definition) is 2. The third-order valence-corrected chi connectivity index (χ3v) is 4.51. The van der Waals surface area contributed by atoms with Gasteiger partial charge in [-0.25, -0.2) is 0 Å². The van der Waals surface area contributed by atoms with E-state index in [0.29, 0.717) is 6.04 Å². The van der Waals surface area contributed by atoms with Gasteiger partial charge in [-0.1, -0.05) is 6.92 Å². The summed E-state index contributed by atoms with van der Waals surface area (Å²) in [6.45, 7) is 3.16. The predicted molar refractivity (Wildman–Crippen MR) is 68.8 cm³/mol. The molecular weight excluding hydrogens is 218 g/mol. The van der Waals surface area contributed by atoms with E-state index in [1.807, 2.05) is 11.3 Å². The number of hydrogen-bond acceptors (Lipinski definition) is 3. The van der Waals surface area contributed by atoms with Crippen LogP contribution >= 0.6 is 11.3 Å². The second kappa shape index (κ2) is 5.80. The lowest BCUT2D eigenvalue weighted by Gasteiger charge is -2.26. The van der Waals surface area contributed by atoms with Crippen LogP contribution in [0.5, 0.6) is 0 Å². The molecule has 16 heavy (non-hydrogen) atoms. The highest BCUT2D eigenvalue weighted by Gasteiger charge is 2.19. The second-order valence-electron chi connectivity index (χ2n) is 4.62. The highest BCUT2D eigenvalue weighted by molar-refractivity contribution is 7.11. The molecule has 2 nitrogen and oxygen atoms in total. The molecule has 0 spiro atoms. The molecule has 0 aliphatic heterocycles. The maximum absolute atomic E-state index is 9.58. The summed E-state index contributed by atoms with van der Waals surface area (Å²) in [6, 6.07) is 4.95. The number of aryl methyl sites for hydroxylation is 1. The lowest BCUT2D eigenvalue weighted by Crippen LogP contribution is -2.35. The topological polar surface area (TPSA) is 32.3 Å². The van der Waals surface area contributed by atoms with E-state index < -0.39 is 0 Å². The average molecular weight is 239 g/mol. The van der Waals surface area contributed by atoms with Crippen LogP contribution in [0.2, 0.25) is 0 Å². The molecule has 0 amide bonds. The highest BCUT2D eigenvalue weighted by Crippen LogP contribution is 2.20. The lowest BCUT2D eigenvalue weighted by atomic mass is 9.93. The zero-order valence-electron chi connectivity index (χ0n) is 9.91. The fourth-order valence-corrected chi connectivity index (χ4v) is 3.21. The molecule has 2 rings (SSSR count). The van der Waals surface area contributed by atoms with Crippen LogP contribution in [0.1, 0.15) is 42.4 Å². The number of rotatable bonds is 4. The molecule has 1 heterocycles. The Morgan fingerprint density at radius 2 is 2.19 bits per heavy atom. The van der Waals surface area contributed by atoms with Gasteiger partial charge in [-0.2, -0.15) is 0 Å². The molecule has 0 saturated heterocycles. The molecule has 1 aliphatic rings. The van der Waals surface area contributed by atoms with Crippen molar-refractivity contribution in [3.05, 3.63) is 21.9 Å². The first kappa shape index (κ1) is 12.1. The van der Waals surface area contributed by atoms with Crippen molar-refractivity contribution in [2.24, 2.45) is 0 Å². The minimum Gasteiger partial charge on any atom is -0.393 e. The third-order valence-electron chi connectivity index (χ3n) is 3.28. The normalized spacial score (nSPS) is 25.9. The van der Waals surface area contributed by atoms with Crippen molar-refractivity contribution in [3.8, 4) is 0 Å². The molecule has 2 N–H and O–H groups in total. The molecule has 1 fully saturated rings. The second-order valence-corrected chi connectivity index (χ2v) is 5.87. The Balaban J connectivity index is 1.78. The number of thiophene rings is 1. The zero-order chi connectivity index (χ0) is 11.4. The van der Waals surface area contributed by atoms with Crippen molar-refractivity contribution in [2.45, 2.75) is 57.7 Å². The van der Waals surface area contributed by atoms with Crippen LogP contribution in [0.3, 0.4) is 0 Å². The van der Waals surface area contributed by atoms with Gasteiger partial charge in [0.15, 0.2) is 0 Å². The van der Waals surface area contributed by atoms with Crippen LogP contribution in [-0.2, 0) is 13.0 Å². The van der Waals surface area contributed by atoms with Gasteiger partial charge in [-0.3, -0.25) is 0 Å². The molecule has 90 valence electrons. The van der Waals surface area contributed by atoms with Crippen molar-refractivity contribution in [1.29, 1.82) is 0 Å². The smallest absolute Gasteiger partial charge is 0.0555 e. The largest absolute Gasteiger partial charge is 0.393 e. The minimum absolute atomic E-state index is 0.0826. The first-order valence-electron chi connectivity index (χ1n) is 6.27. The van der Waals surface area contributed by atoms with Gasteiger partial charge in [-0.15, -0.1) is 11.3 Å². The standard InChI is InChI=1S/C13H21NOS/c1-2-12-6-7-13(16-12)9-14-10-4-3-5-11(15)8-10/h6-7,10-11,14-15H,2-5,8-9H2,1H3. The Kier molecular flexibility index (Phi) is 4.38. The molecule has 1 aromatic heterocycles. The average Bonchev–Trinajstić information content (AvgIpc) is 2.74. The van der Waals surface area contributed by atoms with Crippen molar-refractivity contribution in [3.63, 3.8) is 0 Å². The molecule has 1 aromatic rings. The van der Waals surface area contributed by atoms with Crippen LogP contribution in [0.4, 0.5) is 0 Å². The minimum atomic E-state index is -0.0826. The van der Waals surface area contributed by atoms with Gasteiger partial charge in [0.2, 0.25) is 0 Å². The van der Waals surface area contributed by atoms with Crippen molar-refractivity contribution in [2.75, 3.05) is 0 Å². The number of aliphatic hydroxyl groups excluding tert-OH is 1. The van der Waals surface area contributed by atoms with Gasteiger partial charge in [0.05, 0.1) is 6.10 Å². The maximum atomic E-state index is 9.58. The van der Waals surface area contributed by atoms with Crippen LogP contribution in [0, 0.1) is 0 Å². The molecule has 1 saturated carbocycles. The third kappa shape index (κ3) is 3.30. The summed E-state index contributed by atoms with van der Waals surface area (Å²) in [7, 11) is 0. The van der Waals surface area contributed by atoms with Crippen LogP contribution in [0.25, 0.3) is 0 Å². The zero-order valence-corrected chi connectivity index (χ0v) is 10.7. The van der Waals surface area contributed by atoms with Gasteiger partial charge < -0.3 is 10.4 Å². The van der Waals surface area contributed by atoms with Crippen LogP contribution in [0.15, 0.2) is 12.1 Å². The van der Waals surface area contributed by atoms with Gasteiger partial charge in [0.25, 0.3) is 0 Å². The molecular formula is C13H21NOS. The number of aliphatic hydroxyl groups is 1. The summed E-state index contributed by atoms with van der Waals surface area (Å²) in [4.78, 5) is 2.87. The molecule has 0 radical (unpaired) electrons. The Hall–Kier alpha value is -0.380. The lowest BCUT2D eigenvalue weighted by molar-refractivity contribution is 0.111. The van der Waals surface area contributed by atoms with E-state index in [1.165, 1.54) is 16.2 Å². The fourth-order valence-electron chi connectivity index (χ4n) is 2.30. The Morgan fingerprint density at radius 1 is 1.38 bits per heavy atom. The maximum Gasteiger partial charge on any atom is 0.0555 e. The summed E-state index contributed by atoms with van der Waals surface area (Å²) in [5, 5.41) is 13.1. The van der Waals surface area contributed by atoms with E-state index in [2.05, 4.69) is 24.4 Å². The Morgan fingerprint density at radius 3 is 2.88 bits per heavy atom. The Labute approximate surface area is 102 Å². The van der Waals surface area contributed by atoms with Gasteiger partial charge in [0.1, 0.15) is 0 Å². The summed E-state index contributed by atoms with van der Waals surface area (Å²) < 4.78 is 0. The van der Waals surface area contributed by atoms with Crippen molar-refractivity contribution in [1.82, 2.24) is 5.32 Å². The molecule has 3 heteroatoms. The van der Waals surface area contributed by atoms with Crippen LogP contribution < -0.4 is 5.32 Å². The van der Waals surface area contributed by atoms with Crippen LogP contribution in [-0.4, -0.2) is 17.3 Å². The van der Waals surface area contributed by atoms with Gasteiger partial charge >= 0.3 is 0 Å². The van der Waals surface area contributed by atoms with E-state index in [-0.39, 0.29) is 6.10 Å². The monoisotopic (exact) mass is 239 g/mol. The predicted octanol–water partition coefficient (Wildman–Crippen LogP) is 2.70. The molecule has 2 atom stereocenters. The highest BCUT2D eigenvalue weighted by atomic mass is 32.1. The summed E-state index contributed by atoms with van der Waals surface area (Å²) >= 11 is 1.90. The van der Waals surface area contributed by atoms with Gasteiger partial charge in [-0.05, 0) is 44.2 Å². The van der Waals surface area contributed by atoms with E-state index in [4.69, 9.17) is 0 Å². The summed E-state index contributed by atoms with van der Waals surface area (Å²) in [6.07, 6.45) is 5.32. The SMILES string of the molecule is CCc1ccc(CNC2CCCC(O)C2)s1. The molecule has 0 bridgehead atoms. The summed E-state index contributed by atoms with van der Waals surface area (Å²) in [5.41, 5.74) is 0. The van der Waals surface area contributed by atoms with Gasteiger partial charge in [0, 0.05) is 22.3 Å². The van der Waals surface area contributed by atoms with E-state index in [1.54, 1.807) is 0 Å². The molecule has 2 unspecified atom stereocenters. The summed E-state index contributed by atoms with van der Waals surface area (Å²) in [5.74, 6) is 0. The number of nitrogens with one attached hydrogen (secondary N) is 1.